The molecule has 0 saturated carbocycles. The van der Waals surface area contributed by atoms with Crippen molar-refractivity contribution in [1.29, 1.82) is 0 Å². The van der Waals surface area contributed by atoms with Gasteiger partial charge in [-0.15, -0.1) is 0 Å². The van der Waals surface area contributed by atoms with Crippen LogP contribution in [0.3, 0.4) is 0 Å². The van der Waals surface area contributed by atoms with Crippen molar-refractivity contribution in [2.24, 2.45) is 0 Å². The van der Waals surface area contributed by atoms with Crippen LogP contribution in [-0.2, 0) is 6.54 Å². The second-order valence-corrected chi connectivity index (χ2v) is 6.68. The lowest BCUT2D eigenvalue weighted by atomic mass is 10.0. The van der Waals surface area contributed by atoms with Gasteiger partial charge in [0.05, 0.1) is 35.5 Å². The van der Waals surface area contributed by atoms with Crippen molar-refractivity contribution in [3.8, 4) is 11.1 Å². The van der Waals surface area contributed by atoms with Crippen molar-refractivity contribution in [1.82, 2.24) is 19.5 Å². The van der Waals surface area contributed by atoms with Crippen LogP contribution in [0.2, 0.25) is 0 Å². The Bertz CT molecular complexity index is 1370. The fourth-order valence-corrected chi connectivity index (χ4v) is 3.42. The maximum absolute atomic E-state index is 12.7. The summed E-state index contributed by atoms with van der Waals surface area (Å²) < 4.78 is 1.63. The van der Waals surface area contributed by atoms with Crippen molar-refractivity contribution in [3.05, 3.63) is 101 Å². The number of rotatable bonds is 3. The molecule has 0 amide bonds. The summed E-state index contributed by atoms with van der Waals surface area (Å²) in [6.45, 7) is 0.465. The second kappa shape index (κ2) is 6.70. The Labute approximate surface area is 161 Å². The SMILES string of the molecule is O=c1c2ccncc2ncn1Cc1cccc(-c2ccc3ncccc3c2)c1. The summed E-state index contributed by atoms with van der Waals surface area (Å²) in [6.07, 6.45) is 6.61. The molecule has 5 nitrogen and oxygen atoms in total. The lowest BCUT2D eigenvalue weighted by Crippen LogP contribution is -2.21. The van der Waals surface area contributed by atoms with Gasteiger partial charge in [-0.25, -0.2) is 4.98 Å². The zero-order valence-corrected chi connectivity index (χ0v) is 15.0. The molecule has 0 unspecified atom stereocenters. The molecule has 5 aromatic rings. The number of hydrogen-bond acceptors (Lipinski definition) is 4. The van der Waals surface area contributed by atoms with Gasteiger partial charge in [-0.05, 0) is 47.0 Å². The highest BCUT2D eigenvalue weighted by atomic mass is 16.1. The molecule has 0 aliphatic carbocycles. The van der Waals surface area contributed by atoms with Crippen LogP contribution in [0.1, 0.15) is 5.56 Å². The molecule has 0 radical (unpaired) electrons. The van der Waals surface area contributed by atoms with Crippen LogP contribution in [0.5, 0.6) is 0 Å². The minimum absolute atomic E-state index is 0.0606. The molecule has 0 bridgehead atoms. The molecule has 0 spiro atoms. The highest BCUT2D eigenvalue weighted by molar-refractivity contribution is 5.84. The van der Waals surface area contributed by atoms with Gasteiger partial charge in [-0.2, -0.15) is 0 Å². The first-order valence-corrected chi connectivity index (χ1v) is 9.01. The molecule has 0 aliphatic rings. The minimum Gasteiger partial charge on any atom is -0.294 e. The first kappa shape index (κ1) is 16.3. The summed E-state index contributed by atoms with van der Waals surface area (Å²) in [5.74, 6) is 0. The van der Waals surface area contributed by atoms with Crippen LogP contribution in [0, 0.1) is 0 Å². The molecule has 3 aromatic heterocycles. The van der Waals surface area contributed by atoms with Crippen molar-refractivity contribution < 1.29 is 0 Å². The van der Waals surface area contributed by atoms with Gasteiger partial charge in [0, 0.05) is 17.8 Å². The Kier molecular flexibility index (Phi) is 3.91. The van der Waals surface area contributed by atoms with Crippen LogP contribution in [0.25, 0.3) is 32.9 Å². The van der Waals surface area contributed by atoms with Crippen molar-refractivity contribution in [2.75, 3.05) is 0 Å². The van der Waals surface area contributed by atoms with Crippen LogP contribution in [0.15, 0.2) is 90.4 Å². The van der Waals surface area contributed by atoms with Crippen LogP contribution in [0.4, 0.5) is 0 Å². The highest BCUT2D eigenvalue weighted by Gasteiger charge is 2.06. The van der Waals surface area contributed by atoms with E-state index >= 15 is 0 Å². The molecule has 0 N–H and O–H groups in total. The maximum atomic E-state index is 12.7. The number of benzene rings is 2. The highest BCUT2D eigenvalue weighted by Crippen LogP contribution is 2.24. The van der Waals surface area contributed by atoms with Gasteiger partial charge in [0.1, 0.15) is 0 Å². The van der Waals surface area contributed by atoms with Gasteiger partial charge in [-0.3, -0.25) is 19.3 Å². The molecule has 28 heavy (non-hydrogen) atoms. The Balaban J connectivity index is 1.52. The van der Waals surface area contributed by atoms with E-state index in [1.54, 1.807) is 35.6 Å². The molecule has 0 aliphatic heterocycles. The first-order valence-electron chi connectivity index (χ1n) is 9.01. The Morgan fingerprint density at radius 3 is 2.71 bits per heavy atom. The molecule has 5 rings (SSSR count). The average Bonchev–Trinajstić information content (AvgIpc) is 2.76. The summed E-state index contributed by atoms with van der Waals surface area (Å²) >= 11 is 0. The van der Waals surface area contributed by atoms with Gasteiger partial charge >= 0.3 is 0 Å². The van der Waals surface area contributed by atoms with E-state index in [-0.39, 0.29) is 5.56 Å². The summed E-state index contributed by atoms with van der Waals surface area (Å²) in [5.41, 5.74) is 4.80. The van der Waals surface area contributed by atoms with E-state index in [4.69, 9.17) is 0 Å². The largest absolute Gasteiger partial charge is 0.294 e. The molecule has 134 valence electrons. The zero-order valence-electron chi connectivity index (χ0n) is 15.0. The summed E-state index contributed by atoms with van der Waals surface area (Å²) in [5, 5.41) is 1.68. The van der Waals surface area contributed by atoms with Crippen LogP contribution >= 0.6 is 0 Å². The normalized spacial score (nSPS) is 11.1. The lowest BCUT2D eigenvalue weighted by Gasteiger charge is -2.09. The van der Waals surface area contributed by atoms with Gasteiger partial charge in [0.2, 0.25) is 0 Å². The van der Waals surface area contributed by atoms with Crippen LogP contribution < -0.4 is 5.56 Å². The first-order chi connectivity index (χ1) is 13.8. The van der Waals surface area contributed by atoms with E-state index < -0.39 is 0 Å². The number of aromatic nitrogens is 4. The molecular weight excluding hydrogens is 348 g/mol. The number of pyridine rings is 2. The van der Waals surface area contributed by atoms with E-state index in [2.05, 4.69) is 45.3 Å². The topological polar surface area (TPSA) is 60.7 Å². The summed E-state index contributed by atoms with van der Waals surface area (Å²) in [4.78, 5) is 25.5. The van der Waals surface area contributed by atoms with Gasteiger partial charge in [-0.1, -0.05) is 30.3 Å². The molecule has 2 aromatic carbocycles. The lowest BCUT2D eigenvalue weighted by molar-refractivity contribution is 0.748. The third-order valence-electron chi connectivity index (χ3n) is 4.84. The predicted octanol–water partition coefficient (Wildman–Crippen LogP) is 4.06. The molecule has 5 heteroatoms. The van der Waals surface area contributed by atoms with Crippen LogP contribution in [-0.4, -0.2) is 19.5 Å². The van der Waals surface area contributed by atoms with Crippen molar-refractivity contribution in [3.63, 3.8) is 0 Å². The standard InChI is InChI=1S/C23H16N4O/c28-23-20-8-10-24-13-22(20)26-15-27(23)14-16-3-1-4-17(11-16)18-6-7-21-19(12-18)5-2-9-25-21/h1-13,15H,14H2. The predicted molar refractivity (Wildman–Crippen MR) is 110 cm³/mol. The molecule has 3 heterocycles. The van der Waals surface area contributed by atoms with E-state index in [1.165, 1.54) is 0 Å². The average molecular weight is 364 g/mol. The number of fused-ring (bicyclic) bond motifs is 2. The van der Waals surface area contributed by atoms with Gasteiger partial charge < -0.3 is 0 Å². The van der Waals surface area contributed by atoms with E-state index in [1.807, 2.05) is 24.3 Å². The monoisotopic (exact) mass is 364 g/mol. The zero-order chi connectivity index (χ0) is 18.9. The van der Waals surface area contributed by atoms with E-state index in [9.17, 15) is 4.79 Å². The number of nitrogens with zero attached hydrogens (tertiary/aromatic N) is 4. The maximum Gasteiger partial charge on any atom is 0.261 e. The summed E-state index contributed by atoms with van der Waals surface area (Å²) in [6, 6.07) is 20.2. The van der Waals surface area contributed by atoms with E-state index in [0.717, 1.165) is 27.6 Å². The van der Waals surface area contributed by atoms with Gasteiger partial charge in [0.25, 0.3) is 5.56 Å². The minimum atomic E-state index is -0.0606. The van der Waals surface area contributed by atoms with E-state index in [0.29, 0.717) is 17.4 Å². The molecule has 0 atom stereocenters. The third kappa shape index (κ3) is 2.93. The Morgan fingerprint density at radius 1 is 0.821 bits per heavy atom. The fraction of sp³-hybridized carbons (Fsp3) is 0.0435. The smallest absolute Gasteiger partial charge is 0.261 e. The third-order valence-corrected chi connectivity index (χ3v) is 4.84. The Morgan fingerprint density at radius 2 is 1.75 bits per heavy atom. The number of hydrogen-bond donors (Lipinski definition) is 0. The Hall–Kier alpha value is -3.86. The summed E-state index contributed by atoms with van der Waals surface area (Å²) in [7, 11) is 0. The van der Waals surface area contributed by atoms with Crippen molar-refractivity contribution >= 4 is 21.8 Å². The second-order valence-electron chi connectivity index (χ2n) is 6.68. The van der Waals surface area contributed by atoms with Gasteiger partial charge in [0.15, 0.2) is 0 Å². The molecule has 0 saturated heterocycles. The fourth-order valence-electron chi connectivity index (χ4n) is 3.42. The molecular formula is C23H16N4O. The molecule has 0 fully saturated rings. The van der Waals surface area contributed by atoms with Crippen molar-refractivity contribution in [2.45, 2.75) is 6.54 Å². The quantitative estimate of drug-likeness (QED) is 0.484.